The molecule has 0 bridgehead atoms. The SMILES string of the molecule is CCC1(CC)CCN(Cc2cc(CNC)ccc2OC)C1. The molecule has 1 heterocycles. The summed E-state index contributed by atoms with van der Waals surface area (Å²) in [5, 5.41) is 3.22. The van der Waals surface area contributed by atoms with E-state index in [1.165, 1.54) is 43.5 Å². The van der Waals surface area contributed by atoms with Gasteiger partial charge in [-0.2, -0.15) is 0 Å². The molecule has 118 valence electrons. The average molecular weight is 290 g/mol. The first-order valence-electron chi connectivity index (χ1n) is 8.19. The van der Waals surface area contributed by atoms with Gasteiger partial charge in [0.2, 0.25) is 0 Å². The minimum absolute atomic E-state index is 0.538. The fourth-order valence-corrected chi connectivity index (χ4v) is 3.50. The third-order valence-corrected chi connectivity index (χ3v) is 5.14. The highest BCUT2D eigenvalue weighted by atomic mass is 16.5. The number of hydrogen-bond acceptors (Lipinski definition) is 3. The lowest BCUT2D eigenvalue weighted by Crippen LogP contribution is -2.26. The maximum Gasteiger partial charge on any atom is 0.123 e. The predicted octanol–water partition coefficient (Wildman–Crippen LogP) is 3.43. The van der Waals surface area contributed by atoms with E-state index < -0.39 is 0 Å². The van der Waals surface area contributed by atoms with Crippen molar-refractivity contribution < 1.29 is 4.74 Å². The van der Waals surface area contributed by atoms with Crippen LogP contribution < -0.4 is 10.1 Å². The number of hydrogen-bond donors (Lipinski definition) is 1. The van der Waals surface area contributed by atoms with Gasteiger partial charge in [0.1, 0.15) is 5.75 Å². The largest absolute Gasteiger partial charge is 0.496 e. The fraction of sp³-hybridized carbons (Fsp3) is 0.667. The first-order chi connectivity index (χ1) is 10.2. The lowest BCUT2D eigenvalue weighted by Gasteiger charge is -2.26. The number of ether oxygens (including phenoxy) is 1. The van der Waals surface area contributed by atoms with Crippen molar-refractivity contribution >= 4 is 0 Å². The van der Waals surface area contributed by atoms with Crippen LogP contribution in [-0.2, 0) is 13.1 Å². The van der Waals surface area contributed by atoms with Crippen LogP contribution in [0.4, 0.5) is 0 Å². The van der Waals surface area contributed by atoms with Gasteiger partial charge in [0.15, 0.2) is 0 Å². The highest BCUT2D eigenvalue weighted by molar-refractivity contribution is 5.37. The maximum atomic E-state index is 5.55. The van der Waals surface area contributed by atoms with Crippen LogP contribution in [0, 0.1) is 5.41 Å². The molecule has 1 aromatic rings. The smallest absolute Gasteiger partial charge is 0.123 e. The van der Waals surface area contributed by atoms with E-state index in [9.17, 15) is 0 Å². The van der Waals surface area contributed by atoms with Crippen molar-refractivity contribution in [1.29, 1.82) is 0 Å². The van der Waals surface area contributed by atoms with Gasteiger partial charge in [0.25, 0.3) is 0 Å². The van der Waals surface area contributed by atoms with E-state index in [4.69, 9.17) is 4.74 Å². The number of methoxy groups -OCH3 is 1. The molecular weight excluding hydrogens is 260 g/mol. The Hall–Kier alpha value is -1.06. The Labute approximate surface area is 129 Å². The summed E-state index contributed by atoms with van der Waals surface area (Å²) in [5.41, 5.74) is 3.17. The van der Waals surface area contributed by atoms with Crippen molar-refractivity contribution in [3.8, 4) is 5.75 Å². The Morgan fingerprint density at radius 2 is 2.05 bits per heavy atom. The molecule has 1 fully saturated rings. The molecule has 0 saturated carbocycles. The van der Waals surface area contributed by atoms with Gasteiger partial charge in [-0.3, -0.25) is 4.90 Å². The first kappa shape index (κ1) is 16.3. The van der Waals surface area contributed by atoms with Crippen LogP contribution in [0.2, 0.25) is 0 Å². The molecule has 1 aliphatic rings. The normalized spacial score (nSPS) is 18.1. The van der Waals surface area contributed by atoms with Gasteiger partial charge < -0.3 is 10.1 Å². The molecule has 21 heavy (non-hydrogen) atoms. The van der Waals surface area contributed by atoms with E-state index in [2.05, 4.69) is 42.3 Å². The maximum absolute atomic E-state index is 5.55. The second-order valence-corrected chi connectivity index (χ2v) is 6.34. The van der Waals surface area contributed by atoms with Gasteiger partial charge in [-0.05, 0) is 56.0 Å². The van der Waals surface area contributed by atoms with E-state index in [-0.39, 0.29) is 0 Å². The number of likely N-dealkylation sites (tertiary alicyclic amines) is 1. The fourth-order valence-electron chi connectivity index (χ4n) is 3.50. The quantitative estimate of drug-likeness (QED) is 0.832. The molecule has 0 aliphatic carbocycles. The van der Waals surface area contributed by atoms with Gasteiger partial charge in [-0.1, -0.05) is 19.9 Å². The summed E-state index contributed by atoms with van der Waals surface area (Å²) >= 11 is 0. The Morgan fingerprint density at radius 3 is 2.62 bits per heavy atom. The van der Waals surface area contributed by atoms with Gasteiger partial charge >= 0.3 is 0 Å². The molecule has 0 amide bonds. The van der Waals surface area contributed by atoms with E-state index in [1.807, 2.05) is 7.05 Å². The second-order valence-electron chi connectivity index (χ2n) is 6.34. The highest BCUT2D eigenvalue weighted by Gasteiger charge is 2.34. The Kier molecular flexibility index (Phi) is 5.65. The van der Waals surface area contributed by atoms with Crippen LogP contribution >= 0.6 is 0 Å². The summed E-state index contributed by atoms with van der Waals surface area (Å²) in [4.78, 5) is 2.59. The zero-order valence-corrected chi connectivity index (χ0v) is 14.0. The average Bonchev–Trinajstić information content (AvgIpc) is 2.92. The second kappa shape index (κ2) is 7.28. The molecule has 0 radical (unpaired) electrons. The van der Waals surface area contributed by atoms with Crippen LogP contribution in [0.25, 0.3) is 0 Å². The Bertz CT molecular complexity index is 455. The van der Waals surface area contributed by atoms with Crippen molar-refractivity contribution in [2.24, 2.45) is 5.41 Å². The van der Waals surface area contributed by atoms with Gasteiger partial charge in [-0.25, -0.2) is 0 Å². The number of rotatable bonds is 7. The van der Waals surface area contributed by atoms with Crippen LogP contribution in [-0.4, -0.2) is 32.1 Å². The third kappa shape index (κ3) is 3.78. The predicted molar refractivity (Wildman–Crippen MR) is 88.7 cm³/mol. The van der Waals surface area contributed by atoms with Crippen molar-refractivity contribution in [3.05, 3.63) is 29.3 Å². The highest BCUT2D eigenvalue weighted by Crippen LogP contribution is 2.38. The molecule has 0 aromatic heterocycles. The van der Waals surface area contributed by atoms with Crippen LogP contribution in [0.3, 0.4) is 0 Å². The van der Waals surface area contributed by atoms with Crippen molar-refractivity contribution in [2.45, 2.75) is 46.2 Å². The number of nitrogens with zero attached hydrogens (tertiary/aromatic N) is 1. The monoisotopic (exact) mass is 290 g/mol. The standard InChI is InChI=1S/C18H30N2O/c1-5-18(6-2)9-10-20(14-18)13-16-11-15(12-19-3)7-8-17(16)21-4/h7-8,11,19H,5-6,9-10,12-14H2,1-4H3. The first-order valence-corrected chi connectivity index (χ1v) is 8.19. The van der Waals surface area contributed by atoms with Gasteiger partial charge in [-0.15, -0.1) is 0 Å². The third-order valence-electron chi connectivity index (χ3n) is 5.14. The number of benzene rings is 1. The minimum Gasteiger partial charge on any atom is -0.496 e. The van der Waals surface area contributed by atoms with E-state index in [0.717, 1.165) is 18.8 Å². The van der Waals surface area contributed by atoms with E-state index >= 15 is 0 Å². The molecule has 0 atom stereocenters. The van der Waals surface area contributed by atoms with E-state index in [1.54, 1.807) is 7.11 Å². The summed E-state index contributed by atoms with van der Waals surface area (Å²) in [7, 11) is 3.75. The zero-order chi connectivity index (χ0) is 15.3. The lowest BCUT2D eigenvalue weighted by atomic mass is 9.82. The van der Waals surface area contributed by atoms with Gasteiger partial charge in [0.05, 0.1) is 7.11 Å². The summed E-state index contributed by atoms with van der Waals surface area (Å²) < 4.78 is 5.55. The van der Waals surface area contributed by atoms with Crippen LogP contribution in [0.1, 0.15) is 44.2 Å². The lowest BCUT2D eigenvalue weighted by molar-refractivity contribution is 0.234. The summed E-state index contributed by atoms with van der Waals surface area (Å²) in [6.07, 6.45) is 3.91. The summed E-state index contributed by atoms with van der Waals surface area (Å²) in [6, 6.07) is 6.53. The van der Waals surface area contributed by atoms with Crippen molar-refractivity contribution in [3.63, 3.8) is 0 Å². The summed E-state index contributed by atoms with van der Waals surface area (Å²) in [5.74, 6) is 1.01. The van der Waals surface area contributed by atoms with Crippen molar-refractivity contribution in [1.82, 2.24) is 10.2 Å². The molecule has 1 N–H and O–H groups in total. The minimum atomic E-state index is 0.538. The van der Waals surface area contributed by atoms with Gasteiger partial charge in [0, 0.05) is 25.2 Å². The van der Waals surface area contributed by atoms with Crippen LogP contribution in [0.5, 0.6) is 5.75 Å². The van der Waals surface area contributed by atoms with E-state index in [0.29, 0.717) is 5.41 Å². The number of nitrogens with one attached hydrogen (secondary N) is 1. The molecule has 0 unspecified atom stereocenters. The zero-order valence-electron chi connectivity index (χ0n) is 14.0. The van der Waals surface area contributed by atoms with Crippen LogP contribution in [0.15, 0.2) is 18.2 Å². The molecule has 3 heteroatoms. The molecule has 3 nitrogen and oxygen atoms in total. The Balaban J connectivity index is 2.10. The topological polar surface area (TPSA) is 24.5 Å². The molecule has 2 rings (SSSR count). The Morgan fingerprint density at radius 1 is 1.29 bits per heavy atom. The van der Waals surface area contributed by atoms with Crippen molar-refractivity contribution in [2.75, 3.05) is 27.2 Å². The molecule has 1 aromatic carbocycles. The molecule has 1 aliphatic heterocycles. The molecular formula is C18H30N2O. The molecule has 1 saturated heterocycles. The summed E-state index contributed by atoms with van der Waals surface area (Å²) in [6.45, 7) is 9.01. The molecule has 0 spiro atoms.